The summed E-state index contributed by atoms with van der Waals surface area (Å²) in [5, 5.41) is 9.62. The summed E-state index contributed by atoms with van der Waals surface area (Å²) >= 11 is 0. The molecule has 3 unspecified atom stereocenters. The Labute approximate surface area is 79.9 Å². The maximum atomic E-state index is 9.62. The number of rotatable bonds is 4. The molecule has 0 bridgehead atoms. The molecule has 1 N–H and O–H groups in total. The van der Waals surface area contributed by atoms with E-state index in [4.69, 9.17) is 4.74 Å². The highest BCUT2D eigenvalue weighted by Gasteiger charge is 2.27. The van der Waals surface area contributed by atoms with Crippen LogP contribution in [0.4, 0.5) is 0 Å². The molecule has 1 aliphatic carbocycles. The highest BCUT2D eigenvalue weighted by molar-refractivity contribution is 4.89. The largest absolute Gasteiger partial charge is 0.390 e. The van der Waals surface area contributed by atoms with E-state index in [9.17, 15) is 5.11 Å². The van der Waals surface area contributed by atoms with Crippen molar-refractivity contribution in [1.29, 1.82) is 0 Å². The molecule has 2 nitrogen and oxygen atoms in total. The highest BCUT2D eigenvalue weighted by Crippen LogP contribution is 2.27. The molecule has 1 aliphatic rings. The summed E-state index contributed by atoms with van der Waals surface area (Å²) in [6, 6.07) is 0. The lowest BCUT2D eigenvalue weighted by Gasteiger charge is -2.31. The first-order chi connectivity index (χ1) is 6.27. The molecule has 0 spiro atoms. The first kappa shape index (κ1) is 10.5. The Morgan fingerprint density at radius 2 is 2.15 bits per heavy atom. The summed E-state index contributed by atoms with van der Waals surface area (Å²) in [4.78, 5) is 0. The molecule has 0 aromatic carbocycles. The molecule has 0 radical (unpaired) electrons. The second-order valence-electron chi connectivity index (χ2n) is 3.54. The van der Waals surface area contributed by atoms with Crippen molar-refractivity contribution >= 4 is 0 Å². The summed E-state index contributed by atoms with van der Waals surface area (Å²) in [6.45, 7) is 7.87. The van der Waals surface area contributed by atoms with Crippen molar-refractivity contribution in [2.75, 3.05) is 6.61 Å². The van der Waals surface area contributed by atoms with Gasteiger partial charge in [0, 0.05) is 0 Å². The van der Waals surface area contributed by atoms with Gasteiger partial charge in [0.25, 0.3) is 0 Å². The van der Waals surface area contributed by atoms with Crippen molar-refractivity contribution in [2.45, 2.75) is 31.5 Å². The van der Waals surface area contributed by atoms with Gasteiger partial charge in [-0.15, -0.1) is 13.2 Å². The summed E-state index contributed by atoms with van der Waals surface area (Å²) < 4.78 is 5.46. The number of hydrogen-bond donors (Lipinski definition) is 1. The van der Waals surface area contributed by atoms with Crippen LogP contribution in [0.5, 0.6) is 0 Å². The molecule has 0 saturated heterocycles. The van der Waals surface area contributed by atoms with Crippen LogP contribution in [-0.2, 0) is 4.74 Å². The minimum atomic E-state index is -0.309. The zero-order valence-corrected chi connectivity index (χ0v) is 7.98. The van der Waals surface area contributed by atoms with Crippen LogP contribution < -0.4 is 0 Å². The van der Waals surface area contributed by atoms with Crippen LogP contribution in [0.3, 0.4) is 0 Å². The Hall–Kier alpha value is -0.600. The van der Waals surface area contributed by atoms with Gasteiger partial charge in [0.05, 0.1) is 18.8 Å². The molecular weight excluding hydrogens is 164 g/mol. The zero-order chi connectivity index (χ0) is 9.68. The molecule has 2 heteroatoms. The summed E-state index contributed by atoms with van der Waals surface area (Å²) in [7, 11) is 0. The van der Waals surface area contributed by atoms with Crippen molar-refractivity contribution < 1.29 is 9.84 Å². The fourth-order valence-electron chi connectivity index (χ4n) is 1.73. The minimum absolute atomic E-state index is 0.0326. The summed E-state index contributed by atoms with van der Waals surface area (Å²) in [5.41, 5.74) is 0. The van der Waals surface area contributed by atoms with Gasteiger partial charge in [0.2, 0.25) is 0 Å². The first-order valence-corrected chi connectivity index (χ1v) is 4.81. The average Bonchev–Trinajstić information content (AvgIpc) is 2.17. The fourth-order valence-corrected chi connectivity index (χ4v) is 1.73. The average molecular weight is 182 g/mol. The predicted molar refractivity (Wildman–Crippen MR) is 53.5 cm³/mol. The van der Waals surface area contributed by atoms with Gasteiger partial charge in [-0.1, -0.05) is 12.2 Å². The third kappa shape index (κ3) is 2.98. The van der Waals surface area contributed by atoms with Crippen LogP contribution in [0, 0.1) is 5.92 Å². The van der Waals surface area contributed by atoms with Crippen LogP contribution in [0.1, 0.15) is 19.3 Å². The second-order valence-corrected chi connectivity index (χ2v) is 3.54. The Balaban J connectivity index is 2.39. The van der Waals surface area contributed by atoms with E-state index < -0.39 is 0 Å². The molecule has 1 saturated carbocycles. The van der Waals surface area contributed by atoms with E-state index in [2.05, 4.69) is 13.2 Å². The number of hydrogen-bond acceptors (Lipinski definition) is 2. The lowest BCUT2D eigenvalue weighted by Crippen LogP contribution is -2.35. The number of allylic oxidation sites excluding steroid dienone is 1. The lowest BCUT2D eigenvalue weighted by atomic mass is 9.85. The number of aliphatic hydroxyl groups excluding tert-OH is 1. The van der Waals surface area contributed by atoms with E-state index in [-0.39, 0.29) is 12.2 Å². The molecular formula is C11H18O2. The number of aliphatic hydroxyl groups is 1. The Bertz CT molecular complexity index is 177. The van der Waals surface area contributed by atoms with Crippen molar-refractivity contribution in [3.05, 3.63) is 25.3 Å². The number of ether oxygens (including phenoxy) is 1. The van der Waals surface area contributed by atoms with Gasteiger partial charge in [-0.05, 0) is 25.2 Å². The van der Waals surface area contributed by atoms with Gasteiger partial charge < -0.3 is 9.84 Å². The Morgan fingerprint density at radius 3 is 2.77 bits per heavy atom. The smallest absolute Gasteiger partial charge is 0.0843 e. The van der Waals surface area contributed by atoms with Gasteiger partial charge in [-0.25, -0.2) is 0 Å². The molecule has 1 fully saturated rings. The molecule has 0 amide bonds. The normalized spacial score (nSPS) is 34.1. The second kappa shape index (κ2) is 5.20. The molecule has 0 aromatic heterocycles. The third-order valence-electron chi connectivity index (χ3n) is 2.56. The van der Waals surface area contributed by atoms with Crippen molar-refractivity contribution in [3.8, 4) is 0 Å². The van der Waals surface area contributed by atoms with E-state index in [1.54, 1.807) is 6.08 Å². The van der Waals surface area contributed by atoms with E-state index in [0.717, 1.165) is 19.3 Å². The van der Waals surface area contributed by atoms with Crippen molar-refractivity contribution in [2.24, 2.45) is 5.92 Å². The molecule has 1 rings (SSSR count). The molecule has 13 heavy (non-hydrogen) atoms. The van der Waals surface area contributed by atoms with Crippen LogP contribution in [0.2, 0.25) is 0 Å². The van der Waals surface area contributed by atoms with Crippen LogP contribution >= 0.6 is 0 Å². The maximum Gasteiger partial charge on any atom is 0.0843 e. The maximum absolute atomic E-state index is 9.62. The highest BCUT2D eigenvalue weighted by atomic mass is 16.5. The minimum Gasteiger partial charge on any atom is -0.390 e. The fraction of sp³-hybridized carbons (Fsp3) is 0.636. The summed E-state index contributed by atoms with van der Waals surface area (Å²) in [5.74, 6) is 0.498. The van der Waals surface area contributed by atoms with E-state index in [0.29, 0.717) is 12.5 Å². The van der Waals surface area contributed by atoms with Crippen LogP contribution in [0.25, 0.3) is 0 Å². The van der Waals surface area contributed by atoms with E-state index in [1.807, 2.05) is 6.08 Å². The predicted octanol–water partition coefficient (Wildman–Crippen LogP) is 1.90. The van der Waals surface area contributed by atoms with Crippen molar-refractivity contribution in [3.63, 3.8) is 0 Å². The summed E-state index contributed by atoms with van der Waals surface area (Å²) in [6.07, 6.45) is 6.06. The van der Waals surface area contributed by atoms with E-state index >= 15 is 0 Å². The van der Waals surface area contributed by atoms with Gasteiger partial charge in [0.1, 0.15) is 0 Å². The quantitative estimate of drug-likeness (QED) is 0.673. The zero-order valence-electron chi connectivity index (χ0n) is 7.98. The van der Waals surface area contributed by atoms with Crippen LogP contribution in [-0.4, -0.2) is 23.9 Å². The SMILES string of the molecule is C=CCOC1CC(C=C)CCC1O. The molecule has 3 atom stereocenters. The first-order valence-electron chi connectivity index (χ1n) is 4.81. The molecule has 0 heterocycles. The van der Waals surface area contributed by atoms with Gasteiger partial charge in [0.15, 0.2) is 0 Å². The standard InChI is InChI=1S/C11H18O2/c1-3-7-13-11-8-9(4-2)5-6-10(11)12/h3-4,9-12H,1-2,5-8H2. The Kier molecular flexibility index (Phi) is 4.19. The van der Waals surface area contributed by atoms with E-state index in [1.165, 1.54) is 0 Å². The van der Waals surface area contributed by atoms with Crippen molar-refractivity contribution in [1.82, 2.24) is 0 Å². The van der Waals surface area contributed by atoms with Crippen LogP contribution in [0.15, 0.2) is 25.3 Å². The van der Waals surface area contributed by atoms with Gasteiger partial charge in [-0.3, -0.25) is 0 Å². The third-order valence-corrected chi connectivity index (χ3v) is 2.56. The monoisotopic (exact) mass is 182 g/mol. The van der Waals surface area contributed by atoms with Gasteiger partial charge >= 0.3 is 0 Å². The molecule has 0 aromatic rings. The Morgan fingerprint density at radius 1 is 1.38 bits per heavy atom. The topological polar surface area (TPSA) is 29.5 Å². The molecule has 74 valence electrons. The van der Waals surface area contributed by atoms with Gasteiger partial charge in [-0.2, -0.15) is 0 Å². The lowest BCUT2D eigenvalue weighted by molar-refractivity contribution is -0.0572. The molecule has 0 aliphatic heterocycles.